The molecule has 1 aliphatic heterocycles. The minimum Gasteiger partial charge on any atom is -0.459 e. The number of benzene rings is 3. The van der Waals surface area contributed by atoms with E-state index in [1.807, 2.05) is 29.2 Å². The van der Waals surface area contributed by atoms with Crippen molar-refractivity contribution in [2.24, 2.45) is 28.8 Å². The number of fused-ring (bicyclic) bond motifs is 3. The number of rotatable bonds is 28. The molecule has 0 aromatic heterocycles. The van der Waals surface area contributed by atoms with E-state index in [9.17, 15) is 19.8 Å². The van der Waals surface area contributed by atoms with Crippen molar-refractivity contribution in [2.75, 3.05) is 33.5 Å². The number of nitrogens with one attached hydrogen (secondary N) is 1. The van der Waals surface area contributed by atoms with Gasteiger partial charge in [-0.15, -0.1) is 6.58 Å². The van der Waals surface area contributed by atoms with Gasteiger partial charge in [0, 0.05) is 50.1 Å². The van der Waals surface area contributed by atoms with Crippen LogP contribution in [0.5, 0.6) is 11.5 Å². The second-order valence-electron chi connectivity index (χ2n) is 19.3. The molecular weight excluding hydrogens is 843 g/mol. The summed E-state index contributed by atoms with van der Waals surface area (Å²) in [6, 6.07) is 19.6. The first-order valence-corrected chi connectivity index (χ1v) is 25.7. The summed E-state index contributed by atoms with van der Waals surface area (Å²) in [5.74, 6) is -0.926. The summed E-state index contributed by atoms with van der Waals surface area (Å²) in [7, 11) is 1.57. The standard InChI is InChI=1S/C56H77N3O8/c1-4-6-7-8-9-10-11-12-13-18-32-57-55(63)66-44-30-31-50-48(37-44)52-46(27-17-20-34-61)42(23-16-19-33-60)36-47-49(58-64-3)38-51(56(67-50,53(47)52)65-35-5-2)59(54(62)41-28-29-41)39-43-25-21-24-40-22-14-15-26-45(40)43/h5,14-15,21-22,24-26,30-31,36-37,41-42,46,51-53,60-61H,2,4,6-13,16-20,23,27-29,32-35,38-39H2,1,3H3,(H,57,63)/t42-,46+,51-,52+,53+,56+/m0/s1. The van der Waals surface area contributed by atoms with E-state index in [4.69, 9.17) is 24.2 Å². The predicted molar refractivity (Wildman–Crippen MR) is 265 cm³/mol. The number of allylic oxidation sites excluding steroid dienone is 1. The summed E-state index contributed by atoms with van der Waals surface area (Å²) >= 11 is 0. The van der Waals surface area contributed by atoms with Gasteiger partial charge in [-0.05, 0) is 96.9 Å². The van der Waals surface area contributed by atoms with Crippen LogP contribution in [-0.2, 0) is 20.9 Å². The third kappa shape index (κ3) is 12.3. The molecule has 0 saturated heterocycles. The SMILES string of the molecule is C=CCO[C@@]12Oc3ccc(OC(=O)NCCCCCCCCCCCC)cc3[C@H]3[C@H](CCCCO)[C@@H](CCCCO)C=C(C(=NOC)C[C@@H]1N(Cc1cccc4ccccc14)C(=O)C1CC1)[C@H]32. The van der Waals surface area contributed by atoms with Crippen LogP contribution in [0.2, 0.25) is 0 Å². The molecule has 2 amide bonds. The average molecular weight is 920 g/mol. The molecule has 6 atom stereocenters. The molecule has 2 saturated carbocycles. The van der Waals surface area contributed by atoms with Crippen molar-refractivity contribution in [2.45, 2.75) is 153 Å². The van der Waals surface area contributed by atoms with E-state index < -0.39 is 23.8 Å². The fourth-order valence-electron chi connectivity index (χ4n) is 11.3. The molecule has 3 aromatic carbocycles. The molecule has 11 nitrogen and oxygen atoms in total. The highest BCUT2D eigenvalue weighted by Crippen LogP contribution is 2.62. The van der Waals surface area contributed by atoms with Gasteiger partial charge in [0.15, 0.2) is 0 Å². The van der Waals surface area contributed by atoms with Crippen molar-refractivity contribution in [3.63, 3.8) is 0 Å². The summed E-state index contributed by atoms with van der Waals surface area (Å²) in [6.45, 7) is 7.60. The van der Waals surface area contributed by atoms with Crippen molar-refractivity contribution in [3.8, 4) is 11.5 Å². The highest BCUT2D eigenvalue weighted by atomic mass is 16.7. The van der Waals surface area contributed by atoms with Gasteiger partial charge in [0.05, 0.1) is 18.2 Å². The number of unbranched alkanes of at least 4 members (excludes halogenated alkanes) is 11. The third-order valence-corrected chi connectivity index (χ3v) is 14.7. The number of hydrogen-bond donors (Lipinski definition) is 3. The summed E-state index contributed by atoms with van der Waals surface area (Å²) in [4.78, 5) is 36.0. The molecule has 0 radical (unpaired) electrons. The van der Waals surface area contributed by atoms with Gasteiger partial charge < -0.3 is 39.5 Å². The van der Waals surface area contributed by atoms with Crippen LogP contribution in [0.4, 0.5) is 4.79 Å². The number of carbonyl (C=O) groups excluding carboxylic acids is 2. The van der Waals surface area contributed by atoms with Gasteiger partial charge in [0.1, 0.15) is 24.7 Å². The van der Waals surface area contributed by atoms with Gasteiger partial charge >= 0.3 is 6.09 Å². The van der Waals surface area contributed by atoms with Gasteiger partial charge in [-0.3, -0.25) is 4.79 Å². The molecule has 2 fully saturated rings. The van der Waals surface area contributed by atoms with E-state index in [0.29, 0.717) is 43.9 Å². The molecule has 0 bridgehead atoms. The third-order valence-electron chi connectivity index (χ3n) is 14.7. The van der Waals surface area contributed by atoms with E-state index in [-0.39, 0.29) is 49.4 Å². The first-order valence-electron chi connectivity index (χ1n) is 25.7. The zero-order valence-electron chi connectivity index (χ0n) is 40.3. The van der Waals surface area contributed by atoms with Crippen LogP contribution in [0.25, 0.3) is 10.8 Å². The fraction of sp³-hybridized carbons (Fsp3) is 0.589. The topological polar surface area (TPSA) is 139 Å². The lowest BCUT2D eigenvalue weighted by Crippen LogP contribution is -2.70. The number of aliphatic hydroxyl groups is 2. The van der Waals surface area contributed by atoms with Crippen LogP contribution in [0.1, 0.15) is 146 Å². The summed E-state index contributed by atoms with van der Waals surface area (Å²) < 4.78 is 20.7. The Morgan fingerprint density at radius 1 is 0.896 bits per heavy atom. The molecular formula is C56H77N3O8. The maximum Gasteiger partial charge on any atom is 0.412 e. The zero-order valence-corrected chi connectivity index (χ0v) is 40.3. The van der Waals surface area contributed by atoms with Crippen molar-refractivity contribution in [3.05, 3.63) is 96.1 Å². The van der Waals surface area contributed by atoms with E-state index in [2.05, 4.69) is 55.2 Å². The van der Waals surface area contributed by atoms with Crippen molar-refractivity contribution in [1.29, 1.82) is 0 Å². The van der Waals surface area contributed by atoms with E-state index >= 15 is 0 Å². The molecule has 1 heterocycles. The summed E-state index contributed by atoms with van der Waals surface area (Å²) in [6.07, 6.45) is 22.4. The van der Waals surface area contributed by atoms with Crippen LogP contribution in [0.3, 0.4) is 0 Å². The molecule has 3 N–H and O–H groups in total. The molecule has 0 spiro atoms. The van der Waals surface area contributed by atoms with Crippen LogP contribution >= 0.6 is 0 Å². The van der Waals surface area contributed by atoms with Gasteiger partial charge in [-0.1, -0.05) is 137 Å². The second-order valence-corrected chi connectivity index (χ2v) is 19.3. The first kappa shape index (κ1) is 50.2. The van der Waals surface area contributed by atoms with Gasteiger partial charge in [0.2, 0.25) is 11.7 Å². The molecule has 4 aliphatic rings. The minimum absolute atomic E-state index is 0.0435. The molecule has 7 rings (SSSR count). The van der Waals surface area contributed by atoms with E-state index in [0.717, 1.165) is 84.6 Å². The quantitative estimate of drug-likeness (QED) is 0.0372. The Morgan fingerprint density at radius 3 is 2.33 bits per heavy atom. The lowest BCUT2D eigenvalue weighted by atomic mass is 9.55. The molecule has 11 heteroatoms. The average Bonchev–Trinajstić information content (AvgIpc) is 4.20. The minimum atomic E-state index is -1.38. The Morgan fingerprint density at radius 2 is 1.61 bits per heavy atom. The number of oxime groups is 1. The highest BCUT2D eigenvalue weighted by Gasteiger charge is 2.66. The molecule has 0 unspecified atom stereocenters. The lowest BCUT2D eigenvalue weighted by Gasteiger charge is -2.60. The highest BCUT2D eigenvalue weighted by molar-refractivity contribution is 6.03. The largest absolute Gasteiger partial charge is 0.459 e. The van der Waals surface area contributed by atoms with Gasteiger partial charge in [-0.2, -0.15) is 0 Å². The van der Waals surface area contributed by atoms with Gasteiger partial charge in [0.25, 0.3) is 0 Å². The maximum atomic E-state index is 15.0. The number of aliphatic hydroxyl groups excluding tert-OH is 2. The smallest absolute Gasteiger partial charge is 0.412 e. The van der Waals surface area contributed by atoms with E-state index in [1.165, 1.54) is 51.4 Å². The Bertz CT molecular complexity index is 2150. The van der Waals surface area contributed by atoms with Crippen LogP contribution in [-0.4, -0.2) is 78.1 Å². The lowest BCUT2D eigenvalue weighted by molar-refractivity contribution is -0.258. The fourth-order valence-corrected chi connectivity index (χ4v) is 11.3. The van der Waals surface area contributed by atoms with E-state index in [1.54, 1.807) is 19.3 Å². The Hall–Kier alpha value is -4.71. The molecule has 3 aromatic rings. The molecule has 67 heavy (non-hydrogen) atoms. The number of carbonyl (C=O) groups is 2. The van der Waals surface area contributed by atoms with Crippen LogP contribution in [0, 0.1) is 23.7 Å². The number of nitrogens with zero attached hydrogens (tertiary/aromatic N) is 2. The molecule has 364 valence electrons. The Kier molecular flexibility index (Phi) is 18.8. The molecule has 3 aliphatic carbocycles. The first-order chi connectivity index (χ1) is 32.9. The normalized spacial score (nSPS) is 23.4. The maximum absolute atomic E-state index is 15.0. The van der Waals surface area contributed by atoms with Crippen LogP contribution < -0.4 is 14.8 Å². The monoisotopic (exact) mass is 920 g/mol. The van der Waals surface area contributed by atoms with Crippen molar-refractivity contribution in [1.82, 2.24) is 10.2 Å². The van der Waals surface area contributed by atoms with Crippen LogP contribution in [0.15, 0.2) is 90.1 Å². The number of amides is 2. The number of ether oxygens (including phenoxy) is 3. The number of hydrogen-bond acceptors (Lipinski definition) is 9. The van der Waals surface area contributed by atoms with Gasteiger partial charge in [-0.25, -0.2) is 4.79 Å². The Labute approximate surface area is 399 Å². The Balaban J connectivity index is 1.26. The van der Waals surface area contributed by atoms with Crippen molar-refractivity contribution < 1.29 is 38.9 Å². The summed E-state index contributed by atoms with van der Waals surface area (Å²) in [5, 5.41) is 29.9. The van der Waals surface area contributed by atoms with Crippen molar-refractivity contribution >= 4 is 28.5 Å². The summed E-state index contributed by atoms with van der Waals surface area (Å²) in [5.41, 5.74) is 3.66. The zero-order chi connectivity index (χ0) is 47.0. The second kappa shape index (κ2) is 25.1. The predicted octanol–water partition coefficient (Wildman–Crippen LogP) is 11.6.